The van der Waals surface area contributed by atoms with E-state index in [0.29, 0.717) is 16.1 Å². The third kappa shape index (κ3) is 4.77. The first-order chi connectivity index (χ1) is 11.8. The normalized spacial score (nSPS) is 16.4. The topological polar surface area (TPSA) is 71.3 Å². The van der Waals surface area contributed by atoms with Gasteiger partial charge in [0, 0.05) is 25.0 Å². The molecule has 0 radical (unpaired) electrons. The molecule has 0 aliphatic carbocycles. The number of rotatable bonds is 6. The first-order valence-electron chi connectivity index (χ1n) is 7.52. The van der Waals surface area contributed by atoms with E-state index >= 15 is 0 Å². The van der Waals surface area contributed by atoms with E-state index in [1.54, 1.807) is 24.3 Å². The molecule has 6 nitrogen and oxygen atoms in total. The second kappa shape index (κ2) is 7.11. The highest BCUT2D eigenvalue weighted by atomic mass is 35.5. The zero-order valence-electron chi connectivity index (χ0n) is 12.9. The molecule has 25 heavy (non-hydrogen) atoms. The Morgan fingerprint density at radius 2 is 2.04 bits per heavy atom. The van der Waals surface area contributed by atoms with Crippen molar-refractivity contribution in [3.63, 3.8) is 0 Å². The molecule has 1 fully saturated rings. The average molecular weight is 377 g/mol. The van der Waals surface area contributed by atoms with Crippen LogP contribution in [0.25, 0.3) is 0 Å². The SMILES string of the molecule is OC(Nc1ccc(OC2CNC2)cc1)c1nn(CC(F)(F)F)cc1Cl. The number of anilines is 1. The minimum atomic E-state index is -4.42. The van der Waals surface area contributed by atoms with Gasteiger partial charge in [0.15, 0.2) is 6.23 Å². The minimum absolute atomic E-state index is 0.0540. The van der Waals surface area contributed by atoms with Crippen molar-refractivity contribution in [3.05, 3.63) is 41.2 Å². The monoisotopic (exact) mass is 376 g/mol. The molecule has 136 valence electrons. The number of hydrogen-bond acceptors (Lipinski definition) is 5. The van der Waals surface area contributed by atoms with Crippen molar-refractivity contribution >= 4 is 17.3 Å². The first-order valence-corrected chi connectivity index (χ1v) is 7.89. The van der Waals surface area contributed by atoms with Gasteiger partial charge in [0.1, 0.15) is 24.1 Å². The summed E-state index contributed by atoms with van der Waals surface area (Å²) in [7, 11) is 0. The number of aromatic nitrogens is 2. The van der Waals surface area contributed by atoms with Crippen LogP contribution in [0.5, 0.6) is 5.75 Å². The molecule has 0 spiro atoms. The average Bonchev–Trinajstić information content (AvgIpc) is 2.83. The lowest BCUT2D eigenvalue weighted by molar-refractivity contribution is -0.142. The van der Waals surface area contributed by atoms with E-state index in [2.05, 4.69) is 15.7 Å². The van der Waals surface area contributed by atoms with Crippen LogP contribution in [0.3, 0.4) is 0 Å². The molecule has 1 saturated heterocycles. The van der Waals surface area contributed by atoms with Crippen molar-refractivity contribution < 1.29 is 23.0 Å². The van der Waals surface area contributed by atoms with E-state index in [-0.39, 0.29) is 16.8 Å². The highest BCUT2D eigenvalue weighted by molar-refractivity contribution is 6.31. The van der Waals surface area contributed by atoms with Crippen LogP contribution in [0, 0.1) is 0 Å². The van der Waals surface area contributed by atoms with Gasteiger partial charge in [-0.15, -0.1) is 0 Å². The van der Waals surface area contributed by atoms with Gasteiger partial charge in [0.2, 0.25) is 0 Å². The fraction of sp³-hybridized carbons (Fsp3) is 0.400. The van der Waals surface area contributed by atoms with Crippen LogP contribution in [0.15, 0.2) is 30.5 Å². The van der Waals surface area contributed by atoms with Crippen molar-refractivity contribution in [1.82, 2.24) is 15.1 Å². The predicted octanol–water partition coefficient (Wildman–Crippen LogP) is 2.55. The van der Waals surface area contributed by atoms with E-state index in [1.807, 2.05) is 0 Å². The number of nitrogens with zero attached hydrogens (tertiary/aromatic N) is 2. The second-order valence-corrected chi connectivity index (χ2v) is 6.05. The van der Waals surface area contributed by atoms with Gasteiger partial charge >= 0.3 is 6.18 Å². The first kappa shape index (κ1) is 17.8. The number of benzene rings is 1. The Morgan fingerprint density at radius 3 is 2.60 bits per heavy atom. The lowest BCUT2D eigenvalue weighted by Crippen LogP contribution is -2.50. The summed E-state index contributed by atoms with van der Waals surface area (Å²) < 4.78 is 43.5. The minimum Gasteiger partial charge on any atom is -0.488 e. The Balaban J connectivity index is 1.62. The maximum Gasteiger partial charge on any atom is 0.408 e. The van der Waals surface area contributed by atoms with Crippen LogP contribution in [0.1, 0.15) is 11.9 Å². The summed E-state index contributed by atoms with van der Waals surface area (Å²) in [5.41, 5.74) is 0.472. The molecule has 1 aromatic carbocycles. The van der Waals surface area contributed by atoms with E-state index in [9.17, 15) is 18.3 Å². The lowest BCUT2D eigenvalue weighted by Gasteiger charge is -2.27. The van der Waals surface area contributed by atoms with Gasteiger partial charge in [-0.3, -0.25) is 4.68 Å². The number of aliphatic hydroxyl groups excluding tert-OH is 1. The molecule has 10 heteroatoms. The second-order valence-electron chi connectivity index (χ2n) is 5.64. The maximum atomic E-state index is 12.4. The summed E-state index contributed by atoms with van der Waals surface area (Å²) in [6, 6.07) is 6.84. The van der Waals surface area contributed by atoms with Gasteiger partial charge in [0.05, 0.1) is 5.02 Å². The van der Waals surface area contributed by atoms with Gasteiger partial charge < -0.3 is 20.5 Å². The summed E-state index contributed by atoms with van der Waals surface area (Å²) in [4.78, 5) is 0. The Kier molecular flexibility index (Phi) is 5.07. The molecule has 2 aromatic rings. The standard InChI is InChI=1S/C15H16ClF3N4O2/c16-12-7-23(8-15(17,18)19)22-13(12)14(24)21-9-1-3-10(4-2-9)25-11-5-20-6-11/h1-4,7,11,14,20-21,24H,5-6,8H2. The molecule has 1 atom stereocenters. The van der Waals surface area contributed by atoms with Crippen LogP contribution in [-0.4, -0.2) is 40.3 Å². The van der Waals surface area contributed by atoms with E-state index in [0.717, 1.165) is 19.3 Å². The van der Waals surface area contributed by atoms with Gasteiger partial charge in [-0.1, -0.05) is 11.6 Å². The summed E-state index contributed by atoms with van der Waals surface area (Å²) in [6.07, 6.45) is -4.58. The smallest absolute Gasteiger partial charge is 0.408 e. The van der Waals surface area contributed by atoms with Crippen molar-refractivity contribution in [1.29, 1.82) is 0 Å². The van der Waals surface area contributed by atoms with E-state index < -0.39 is 18.9 Å². The van der Waals surface area contributed by atoms with Crippen LogP contribution < -0.4 is 15.4 Å². The van der Waals surface area contributed by atoms with E-state index in [4.69, 9.17) is 16.3 Å². The van der Waals surface area contributed by atoms with Crippen molar-refractivity contribution in [2.24, 2.45) is 0 Å². The number of alkyl halides is 3. The fourth-order valence-corrected chi connectivity index (χ4v) is 2.51. The molecule has 1 aromatic heterocycles. The van der Waals surface area contributed by atoms with Crippen molar-refractivity contribution in [2.75, 3.05) is 18.4 Å². The molecule has 1 aliphatic rings. The molecule has 2 heterocycles. The Hall–Kier alpha value is -1.97. The molecule has 0 bridgehead atoms. The molecule has 3 N–H and O–H groups in total. The molecule has 3 rings (SSSR count). The molecular weight excluding hydrogens is 361 g/mol. The number of ether oxygens (including phenoxy) is 1. The highest BCUT2D eigenvalue weighted by Gasteiger charge is 2.29. The quantitative estimate of drug-likeness (QED) is 0.676. The number of aliphatic hydroxyl groups is 1. The Labute approximate surface area is 146 Å². The molecule has 0 amide bonds. The molecular formula is C15H16ClF3N4O2. The van der Waals surface area contributed by atoms with E-state index in [1.165, 1.54) is 0 Å². The Morgan fingerprint density at radius 1 is 1.36 bits per heavy atom. The summed E-state index contributed by atoms with van der Waals surface area (Å²) >= 11 is 5.86. The number of nitrogens with one attached hydrogen (secondary N) is 2. The maximum absolute atomic E-state index is 12.4. The largest absolute Gasteiger partial charge is 0.488 e. The van der Waals surface area contributed by atoms with Gasteiger partial charge in [-0.05, 0) is 24.3 Å². The molecule has 1 unspecified atom stereocenters. The highest BCUT2D eigenvalue weighted by Crippen LogP contribution is 2.26. The zero-order chi connectivity index (χ0) is 18.0. The molecule has 0 saturated carbocycles. The fourth-order valence-electron chi connectivity index (χ4n) is 2.26. The van der Waals surface area contributed by atoms with Gasteiger partial charge in [-0.25, -0.2) is 0 Å². The molecule has 1 aliphatic heterocycles. The van der Waals surface area contributed by atoms with Gasteiger partial charge in [0.25, 0.3) is 0 Å². The van der Waals surface area contributed by atoms with Crippen molar-refractivity contribution in [2.45, 2.75) is 25.1 Å². The van der Waals surface area contributed by atoms with Gasteiger partial charge in [-0.2, -0.15) is 18.3 Å². The van der Waals surface area contributed by atoms with Crippen LogP contribution in [-0.2, 0) is 6.54 Å². The zero-order valence-corrected chi connectivity index (χ0v) is 13.7. The third-order valence-corrected chi connectivity index (χ3v) is 3.84. The third-order valence-electron chi connectivity index (χ3n) is 3.55. The summed E-state index contributed by atoms with van der Waals surface area (Å²) in [5, 5.41) is 19.6. The van der Waals surface area contributed by atoms with Crippen molar-refractivity contribution in [3.8, 4) is 5.75 Å². The Bertz CT molecular complexity index is 717. The van der Waals surface area contributed by atoms with Crippen LogP contribution in [0.2, 0.25) is 5.02 Å². The lowest BCUT2D eigenvalue weighted by atomic mass is 10.2. The van der Waals surface area contributed by atoms with Crippen LogP contribution in [0.4, 0.5) is 18.9 Å². The predicted molar refractivity (Wildman–Crippen MR) is 85.6 cm³/mol. The number of hydrogen-bond donors (Lipinski definition) is 3. The summed E-state index contributed by atoms with van der Waals surface area (Å²) in [5.74, 6) is 0.694. The number of halogens is 4. The summed E-state index contributed by atoms with van der Waals surface area (Å²) in [6.45, 7) is 0.330. The van der Waals surface area contributed by atoms with Crippen LogP contribution >= 0.6 is 11.6 Å².